The van der Waals surface area contributed by atoms with Crippen molar-refractivity contribution in [2.45, 2.75) is 91.5 Å². The largest absolute Gasteiger partial charge is 0.490 e. The molecule has 1 saturated heterocycles. The average molecular weight is 351 g/mol. The summed E-state index contributed by atoms with van der Waals surface area (Å²) in [6.07, 6.45) is 4.67. The Morgan fingerprint density at radius 1 is 1.20 bits per heavy atom. The van der Waals surface area contributed by atoms with Crippen LogP contribution in [0.15, 0.2) is 11.5 Å². The highest BCUT2D eigenvalue weighted by molar-refractivity contribution is 6.54. The topological polar surface area (TPSA) is 56.8 Å². The summed E-state index contributed by atoms with van der Waals surface area (Å²) < 4.78 is 17.6. The van der Waals surface area contributed by atoms with Gasteiger partial charge in [0.1, 0.15) is 5.60 Å². The molecule has 2 aliphatic rings. The van der Waals surface area contributed by atoms with Gasteiger partial charge in [0, 0.05) is 6.54 Å². The van der Waals surface area contributed by atoms with Gasteiger partial charge in [-0.15, -0.1) is 0 Å². The summed E-state index contributed by atoms with van der Waals surface area (Å²) in [6.45, 7) is 16.7. The van der Waals surface area contributed by atoms with Gasteiger partial charge in [0.05, 0.1) is 11.2 Å². The highest BCUT2D eigenvalue weighted by Crippen LogP contribution is 2.42. The summed E-state index contributed by atoms with van der Waals surface area (Å²) in [5.41, 5.74) is 0.161. The number of nitrogens with one attached hydrogen (secondary N) is 1. The number of alkyl carbamates (subject to hydrolysis) is 1. The fraction of sp³-hybridized carbons (Fsp3) is 0.842. The number of hydrogen-bond acceptors (Lipinski definition) is 4. The fourth-order valence-corrected chi connectivity index (χ4v) is 3.00. The average Bonchev–Trinajstić information content (AvgIpc) is 2.64. The predicted octanol–water partition coefficient (Wildman–Crippen LogP) is 4.26. The van der Waals surface area contributed by atoms with Crippen LogP contribution in [0.3, 0.4) is 0 Å². The second kappa shape index (κ2) is 6.62. The molecule has 1 fully saturated rings. The minimum atomic E-state index is -0.471. The molecule has 6 heteroatoms. The lowest BCUT2D eigenvalue weighted by Gasteiger charge is -2.33. The third kappa shape index (κ3) is 5.01. The zero-order chi connectivity index (χ0) is 19.1. The quantitative estimate of drug-likeness (QED) is 0.772. The summed E-state index contributed by atoms with van der Waals surface area (Å²) >= 11 is 0. The van der Waals surface area contributed by atoms with Crippen LogP contribution < -0.4 is 5.32 Å². The van der Waals surface area contributed by atoms with Crippen molar-refractivity contribution in [2.75, 3.05) is 6.54 Å². The smallest absolute Gasteiger partial charge is 0.444 e. The van der Waals surface area contributed by atoms with Crippen LogP contribution in [-0.4, -0.2) is 36.6 Å². The molecule has 1 amide bonds. The molecule has 0 aromatic heterocycles. The van der Waals surface area contributed by atoms with Gasteiger partial charge in [-0.25, -0.2) is 4.79 Å². The zero-order valence-corrected chi connectivity index (χ0v) is 17.1. The molecule has 0 aromatic rings. The van der Waals surface area contributed by atoms with Crippen molar-refractivity contribution in [1.82, 2.24) is 5.32 Å². The summed E-state index contributed by atoms with van der Waals surface area (Å²) in [5.74, 6) is 0. The molecule has 1 atom stereocenters. The number of carbonyl (C=O) groups is 1. The maximum absolute atomic E-state index is 11.9. The summed E-state index contributed by atoms with van der Waals surface area (Å²) in [7, 11) is -0.256. The van der Waals surface area contributed by atoms with E-state index in [2.05, 4.69) is 46.0 Å². The molecule has 1 heterocycles. The SMILES string of the molecule is CC1(CNC(=O)OC(C)(C)C)CC=C(B2OC(C)(C)C(C)(C)O2)CC1. The van der Waals surface area contributed by atoms with Crippen LogP contribution in [0.4, 0.5) is 4.79 Å². The molecule has 1 N–H and O–H groups in total. The van der Waals surface area contributed by atoms with E-state index in [0.717, 1.165) is 19.3 Å². The van der Waals surface area contributed by atoms with Gasteiger partial charge in [-0.3, -0.25) is 0 Å². The van der Waals surface area contributed by atoms with Crippen molar-refractivity contribution in [2.24, 2.45) is 5.41 Å². The van der Waals surface area contributed by atoms with E-state index in [-0.39, 0.29) is 29.8 Å². The number of allylic oxidation sites excluding steroid dienone is 2. The second-order valence-corrected chi connectivity index (χ2v) is 9.74. The summed E-state index contributed by atoms with van der Waals surface area (Å²) in [4.78, 5) is 11.9. The fourth-order valence-electron chi connectivity index (χ4n) is 3.00. The third-order valence-corrected chi connectivity index (χ3v) is 5.49. The number of amides is 1. The van der Waals surface area contributed by atoms with Gasteiger partial charge >= 0.3 is 13.2 Å². The minimum Gasteiger partial charge on any atom is -0.444 e. The molecular weight excluding hydrogens is 317 g/mol. The van der Waals surface area contributed by atoms with Gasteiger partial charge in [0.15, 0.2) is 0 Å². The highest BCUT2D eigenvalue weighted by atomic mass is 16.7. The first-order chi connectivity index (χ1) is 11.2. The number of hydrogen-bond donors (Lipinski definition) is 1. The Bertz CT molecular complexity index is 534. The van der Waals surface area contributed by atoms with E-state index < -0.39 is 5.60 Å². The number of rotatable bonds is 3. The van der Waals surface area contributed by atoms with Gasteiger partial charge in [0.25, 0.3) is 0 Å². The molecule has 1 aliphatic heterocycles. The zero-order valence-electron chi connectivity index (χ0n) is 17.1. The maximum atomic E-state index is 11.9. The Hall–Kier alpha value is -1.01. The first kappa shape index (κ1) is 20.3. The molecule has 1 aliphatic carbocycles. The lowest BCUT2D eigenvalue weighted by atomic mass is 9.66. The molecule has 25 heavy (non-hydrogen) atoms. The molecule has 1 unspecified atom stereocenters. The molecule has 2 rings (SSSR count). The molecule has 0 radical (unpaired) electrons. The standard InChI is InChI=1S/C19H34BNO4/c1-16(2,3)23-15(22)21-13-19(8)11-9-14(10-12-19)20-24-17(4,5)18(6,7)25-20/h9H,10-13H2,1-8H3,(H,21,22). The van der Waals surface area contributed by atoms with Crippen molar-refractivity contribution in [1.29, 1.82) is 0 Å². The van der Waals surface area contributed by atoms with Gasteiger partial charge < -0.3 is 19.4 Å². The van der Waals surface area contributed by atoms with Crippen molar-refractivity contribution in [3.05, 3.63) is 11.5 Å². The Morgan fingerprint density at radius 3 is 2.20 bits per heavy atom. The van der Waals surface area contributed by atoms with E-state index in [1.54, 1.807) is 0 Å². The van der Waals surface area contributed by atoms with Crippen LogP contribution in [0.1, 0.15) is 74.7 Å². The van der Waals surface area contributed by atoms with E-state index in [1.165, 1.54) is 5.47 Å². The molecule has 5 nitrogen and oxygen atoms in total. The normalized spacial score (nSPS) is 28.5. The summed E-state index contributed by atoms with van der Waals surface area (Å²) in [6, 6.07) is 0. The maximum Gasteiger partial charge on any atom is 0.490 e. The van der Waals surface area contributed by atoms with Gasteiger partial charge in [-0.1, -0.05) is 13.0 Å². The predicted molar refractivity (Wildman–Crippen MR) is 100 cm³/mol. The van der Waals surface area contributed by atoms with E-state index in [9.17, 15) is 4.79 Å². The van der Waals surface area contributed by atoms with Crippen LogP contribution in [0.2, 0.25) is 0 Å². The van der Waals surface area contributed by atoms with E-state index in [0.29, 0.717) is 6.54 Å². The van der Waals surface area contributed by atoms with Gasteiger partial charge in [0.2, 0.25) is 0 Å². The first-order valence-electron chi connectivity index (χ1n) is 9.25. The Kier molecular flexibility index (Phi) is 5.38. The van der Waals surface area contributed by atoms with Gasteiger partial charge in [-0.2, -0.15) is 0 Å². The Balaban J connectivity index is 1.90. The number of carbonyl (C=O) groups excluding carboxylic acids is 1. The van der Waals surface area contributed by atoms with Crippen LogP contribution >= 0.6 is 0 Å². The van der Waals surface area contributed by atoms with Crippen molar-refractivity contribution in [3.63, 3.8) is 0 Å². The second-order valence-electron chi connectivity index (χ2n) is 9.74. The van der Waals surface area contributed by atoms with E-state index in [1.807, 2.05) is 20.8 Å². The first-order valence-corrected chi connectivity index (χ1v) is 9.25. The summed E-state index contributed by atoms with van der Waals surface area (Å²) in [5, 5.41) is 2.91. The lowest BCUT2D eigenvalue weighted by molar-refractivity contribution is 0.00578. The molecule has 0 spiro atoms. The van der Waals surface area contributed by atoms with Crippen molar-refractivity contribution >= 4 is 13.2 Å². The van der Waals surface area contributed by atoms with E-state index >= 15 is 0 Å². The lowest BCUT2D eigenvalue weighted by Crippen LogP contribution is -2.41. The van der Waals surface area contributed by atoms with E-state index in [4.69, 9.17) is 14.0 Å². The molecular formula is C19H34BNO4. The van der Waals surface area contributed by atoms with Gasteiger partial charge in [-0.05, 0) is 78.6 Å². The molecule has 0 aromatic carbocycles. The number of ether oxygens (including phenoxy) is 1. The Morgan fingerprint density at radius 2 is 1.76 bits per heavy atom. The van der Waals surface area contributed by atoms with Crippen LogP contribution in [0.25, 0.3) is 0 Å². The van der Waals surface area contributed by atoms with Crippen LogP contribution in [-0.2, 0) is 14.0 Å². The highest BCUT2D eigenvalue weighted by Gasteiger charge is 2.52. The van der Waals surface area contributed by atoms with Crippen molar-refractivity contribution < 1.29 is 18.8 Å². The molecule has 142 valence electrons. The molecule has 0 bridgehead atoms. The third-order valence-electron chi connectivity index (χ3n) is 5.49. The van der Waals surface area contributed by atoms with Crippen LogP contribution in [0, 0.1) is 5.41 Å². The Labute approximate surface area is 153 Å². The van der Waals surface area contributed by atoms with Crippen LogP contribution in [0.5, 0.6) is 0 Å². The minimum absolute atomic E-state index is 0.0318. The van der Waals surface area contributed by atoms with Crippen molar-refractivity contribution in [3.8, 4) is 0 Å². The monoisotopic (exact) mass is 351 g/mol. The molecule has 0 saturated carbocycles.